The van der Waals surface area contributed by atoms with E-state index in [-0.39, 0.29) is 17.8 Å². The van der Waals surface area contributed by atoms with Crippen molar-refractivity contribution in [3.63, 3.8) is 0 Å². The van der Waals surface area contributed by atoms with Crippen LogP contribution in [0.1, 0.15) is 29.2 Å². The number of ether oxygens (including phenoxy) is 2. The number of halogens is 1. The zero-order valence-electron chi connectivity index (χ0n) is 17.3. The van der Waals surface area contributed by atoms with Crippen molar-refractivity contribution >= 4 is 21.8 Å². The van der Waals surface area contributed by atoms with Gasteiger partial charge in [-0.2, -0.15) is 0 Å². The molecule has 32 heavy (non-hydrogen) atoms. The average Bonchev–Trinajstić information content (AvgIpc) is 3.36. The number of methoxy groups -OCH3 is 1. The summed E-state index contributed by atoms with van der Waals surface area (Å²) in [6.45, 7) is 0. The number of nitrogens with one attached hydrogen (secondary N) is 1. The second-order valence-electron chi connectivity index (χ2n) is 7.63. The van der Waals surface area contributed by atoms with Crippen LogP contribution in [0.3, 0.4) is 0 Å². The Kier molecular flexibility index (Phi) is 5.27. The van der Waals surface area contributed by atoms with Gasteiger partial charge >= 0.3 is 0 Å². The zero-order valence-corrected chi connectivity index (χ0v) is 18.1. The van der Waals surface area contributed by atoms with Crippen molar-refractivity contribution in [2.75, 3.05) is 7.11 Å². The third kappa shape index (κ3) is 3.69. The van der Waals surface area contributed by atoms with Crippen molar-refractivity contribution in [3.8, 4) is 22.6 Å². The highest BCUT2D eigenvalue weighted by molar-refractivity contribution is 7.93. The number of amides is 1. The Morgan fingerprint density at radius 2 is 1.88 bits per heavy atom. The Balaban J connectivity index is 1.40. The number of carbonyl (C=O) groups is 1. The minimum atomic E-state index is -1.52. The molecule has 0 saturated carbocycles. The standard InChI is InChI=1S/C25H20FNO4S/c1-30-23-13-16(26)7-10-21(23)18-3-2-4-20-19(18)11-12-22(20)31-17-8-5-15(6-9-17)24-14-25(28)27-32(24)29/h2-10,13-14,22H,11-12H2,1H3,(H,27,28)/t22-,32?/m1/s1. The van der Waals surface area contributed by atoms with Gasteiger partial charge in [0, 0.05) is 17.7 Å². The Morgan fingerprint density at radius 3 is 2.59 bits per heavy atom. The van der Waals surface area contributed by atoms with Crippen LogP contribution in [0.25, 0.3) is 16.0 Å². The maximum atomic E-state index is 13.7. The predicted octanol–water partition coefficient (Wildman–Crippen LogP) is 4.70. The summed E-state index contributed by atoms with van der Waals surface area (Å²) in [5.41, 5.74) is 4.87. The lowest BCUT2D eigenvalue weighted by molar-refractivity contribution is -0.114. The molecule has 0 spiro atoms. The van der Waals surface area contributed by atoms with E-state index >= 15 is 0 Å². The first-order chi connectivity index (χ1) is 15.5. The lowest BCUT2D eigenvalue weighted by Gasteiger charge is -2.17. The molecule has 0 aromatic heterocycles. The van der Waals surface area contributed by atoms with Crippen molar-refractivity contribution in [2.45, 2.75) is 18.9 Å². The third-order valence-corrected chi connectivity index (χ3v) is 6.88. The van der Waals surface area contributed by atoms with E-state index in [1.54, 1.807) is 25.3 Å². The maximum Gasteiger partial charge on any atom is 0.257 e. The molecule has 1 aliphatic heterocycles. The predicted molar refractivity (Wildman–Crippen MR) is 121 cm³/mol. The largest absolute Gasteiger partial charge is 0.496 e. The van der Waals surface area contributed by atoms with Crippen molar-refractivity contribution in [1.82, 2.24) is 4.72 Å². The van der Waals surface area contributed by atoms with Gasteiger partial charge < -0.3 is 9.47 Å². The summed E-state index contributed by atoms with van der Waals surface area (Å²) >= 11 is 0. The fourth-order valence-corrected chi connectivity index (χ4v) is 5.20. The molecule has 1 aliphatic carbocycles. The van der Waals surface area contributed by atoms with Crippen molar-refractivity contribution in [2.24, 2.45) is 0 Å². The number of hydrogen-bond acceptors (Lipinski definition) is 4. The summed E-state index contributed by atoms with van der Waals surface area (Å²) < 4.78 is 39.6. The summed E-state index contributed by atoms with van der Waals surface area (Å²) in [4.78, 5) is 11.9. The lowest BCUT2D eigenvalue weighted by atomic mass is 9.96. The molecule has 3 aromatic rings. The van der Waals surface area contributed by atoms with E-state index < -0.39 is 11.0 Å². The van der Waals surface area contributed by atoms with E-state index in [9.17, 15) is 13.4 Å². The Hall–Kier alpha value is -3.45. The molecule has 0 radical (unpaired) electrons. The molecule has 1 amide bonds. The normalized spacial score (nSPS) is 19.3. The molecule has 1 heterocycles. The van der Waals surface area contributed by atoms with Crippen molar-refractivity contribution in [1.29, 1.82) is 0 Å². The van der Waals surface area contributed by atoms with Crippen molar-refractivity contribution in [3.05, 3.63) is 89.2 Å². The molecule has 0 fully saturated rings. The summed E-state index contributed by atoms with van der Waals surface area (Å²) in [5, 5.41) is 0. The first-order valence-electron chi connectivity index (χ1n) is 10.2. The molecule has 0 saturated heterocycles. The van der Waals surface area contributed by atoms with Crippen LogP contribution < -0.4 is 14.2 Å². The van der Waals surface area contributed by atoms with E-state index in [1.165, 1.54) is 23.8 Å². The molecule has 7 heteroatoms. The first-order valence-corrected chi connectivity index (χ1v) is 11.4. The van der Waals surface area contributed by atoms with E-state index in [1.807, 2.05) is 24.3 Å². The number of fused-ring (bicyclic) bond motifs is 1. The van der Waals surface area contributed by atoms with Crippen molar-refractivity contribution < 1.29 is 22.9 Å². The average molecular weight is 450 g/mol. The van der Waals surface area contributed by atoms with Gasteiger partial charge in [-0.25, -0.2) is 8.60 Å². The van der Waals surface area contributed by atoms with Gasteiger partial charge in [-0.1, -0.05) is 30.3 Å². The smallest absolute Gasteiger partial charge is 0.257 e. The summed E-state index contributed by atoms with van der Waals surface area (Å²) in [5.74, 6) is 0.514. The highest BCUT2D eigenvalue weighted by atomic mass is 32.2. The van der Waals surface area contributed by atoms with Gasteiger partial charge in [0.1, 0.15) is 23.4 Å². The van der Waals surface area contributed by atoms with E-state index in [2.05, 4.69) is 10.8 Å². The molecular weight excluding hydrogens is 429 g/mol. The van der Waals surface area contributed by atoms with Crippen LogP contribution in [-0.2, 0) is 22.2 Å². The topological polar surface area (TPSA) is 64.6 Å². The van der Waals surface area contributed by atoms with Gasteiger partial charge in [0.25, 0.3) is 5.91 Å². The fourth-order valence-electron chi connectivity index (χ4n) is 4.28. The van der Waals surface area contributed by atoms with Gasteiger partial charge in [-0.15, -0.1) is 0 Å². The second-order valence-corrected chi connectivity index (χ2v) is 8.81. The van der Waals surface area contributed by atoms with Crippen LogP contribution in [0.2, 0.25) is 0 Å². The van der Waals surface area contributed by atoms with Gasteiger partial charge in [0.05, 0.1) is 12.0 Å². The van der Waals surface area contributed by atoms with Crippen LogP contribution in [-0.4, -0.2) is 17.2 Å². The third-order valence-electron chi connectivity index (χ3n) is 5.74. The molecule has 2 atom stereocenters. The highest BCUT2D eigenvalue weighted by Crippen LogP contribution is 2.42. The van der Waals surface area contributed by atoms with Crippen LogP contribution in [0.4, 0.5) is 4.39 Å². The molecule has 1 N–H and O–H groups in total. The monoisotopic (exact) mass is 449 g/mol. The first kappa shape index (κ1) is 20.5. The van der Waals surface area contributed by atoms with Gasteiger partial charge in [-0.3, -0.25) is 9.52 Å². The summed E-state index contributed by atoms with van der Waals surface area (Å²) in [7, 11) is 0.0215. The van der Waals surface area contributed by atoms with E-state index in [0.717, 1.165) is 29.5 Å². The van der Waals surface area contributed by atoms with Crippen LogP contribution in [0.5, 0.6) is 11.5 Å². The second kappa shape index (κ2) is 8.24. The summed E-state index contributed by atoms with van der Waals surface area (Å²) in [6, 6.07) is 17.9. The molecule has 2 aliphatic rings. The van der Waals surface area contributed by atoms with E-state index in [0.29, 0.717) is 22.0 Å². The minimum absolute atomic E-state index is 0.106. The molecular formula is C25H20FNO4S. The minimum Gasteiger partial charge on any atom is -0.496 e. The van der Waals surface area contributed by atoms with Crippen LogP contribution >= 0.6 is 0 Å². The fraction of sp³-hybridized carbons (Fsp3) is 0.160. The van der Waals surface area contributed by atoms with Gasteiger partial charge in [0.15, 0.2) is 11.0 Å². The number of benzene rings is 3. The maximum absolute atomic E-state index is 13.7. The number of carbonyl (C=O) groups excluding carboxylic acids is 1. The SMILES string of the molecule is COc1cc(F)ccc1-c1cccc2c1CC[C@H]2Oc1ccc(C2=CC(=O)NS2=O)cc1. The molecule has 1 unspecified atom stereocenters. The Labute approximate surface area is 187 Å². The van der Waals surface area contributed by atoms with Gasteiger partial charge in [-0.05, 0) is 59.4 Å². The molecule has 5 rings (SSSR count). The lowest BCUT2D eigenvalue weighted by Crippen LogP contribution is -2.16. The quantitative estimate of drug-likeness (QED) is 0.613. The zero-order chi connectivity index (χ0) is 22.2. The molecule has 162 valence electrons. The number of rotatable bonds is 5. The highest BCUT2D eigenvalue weighted by Gasteiger charge is 2.27. The molecule has 5 nitrogen and oxygen atoms in total. The molecule has 3 aromatic carbocycles. The van der Waals surface area contributed by atoms with E-state index in [4.69, 9.17) is 9.47 Å². The Bertz CT molecular complexity index is 1270. The molecule has 0 bridgehead atoms. The van der Waals surface area contributed by atoms with Crippen LogP contribution in [0, 0.1) is 5.82 Å². The number of hydrogen-bond donors (Lipinski definition) is 1. The Morgan fingerprint density at radius 1 is 1.06 bits per heavy atom. The summed E-state index contributed by atoms with van der Waals surface area (Å²) in [6.07, 6.45) is 2.91. The van der Waals surface area contributed by atoms with Crippen LogP contribution in [0.15, 0.2) is 66.7 Å². The van der Waals surface area contributed by atoms with Gasteiger partial charge in [0.2, 0.25) is 0 Å².